The van der Waals surface area contributed by atoms with Gasteiger partial charge in [-0.2, -0.15) is 0 Å². The van der Waals surface area contributed by atoms with Crippen LogP contribution in [0, 0.1) is 5.92 Å². The van der Waals surface area contributed by atoms with Gasteiger partial charge in [0.05, 0.1) is 19.4 Å². The third kappa shape index (κ3) is 4.44. The fourth-order valence-electron chi connectivity index (χ4n) is 2.53. The predicted octanol–water partition coefficient (Wildman–Crippen LogP) is 2.28. The molecule has 0 fully saturated rings. The van der Waals surface area contributed by atoms with E-state index >= 15 is 0 Å². The van der Waals surface area contributed by atoms with Crippen molar-refractivity contribution in [2.75, 3.05) is 13.7 Å². The maximum absolute atomic E-state index is 12.9. The molecule has 0 unspecified atom stereocenters. The van der Waals surface area contributed by atoms with Crippen molar-refractivity contribution in [3.63, 3.8) is 0 Å². The van der Waals surface area contributed by atoms with Gasteiger partial charge in [-0.3, -0.25) is 9.59 Å². The number of esters is 1. The fourth-order valence-corrected chi connectivity index (χ4v) is 2.53. The van der Waals surface area contributed by atoms with E-state index in [1.807, 2.05) is 37.3 Å². The molecule has 0 spiro atoms. The summed E-state index contributed by atoms with van der Waals surface area (Å²) in [7, 11) is 1.36. The molecule has 0 aliphatic rings. The number of carbonyl (C=O) groups excluding carboxylic acids is 2. The monoisotopic (exact) mass is 329 g/mol. The molecule has 24 heavy (non-hydrogen) atoms. The number of rotatable bonds is 7. The van der Waals surface area contributed by atoms with Gasteiger partial charge in [-0.05, 0) is 12.5 Å². The van der Waals surface area contributed by atoms with Gasteiger partial charge in [-0.1, -0.05) is 37.3 Å². The zero-order valence-corrected chi connectivity index (χ0v) is 14.3. The minimum absolute atomic E-state index is 0.0624. The van der Waals surface area contributed by atoms with Crippen LogP contribution in [0.3, 0.4) is 0 Å². The molecule has 1 aromatic carbocycles. The molecule has 0 aliphatic heterocycles. The Bertz CT molecular complexity index is 655. The molecular formula is C18H23N3O3. The number of nitrogens with zero attached hydrogens (tertiary/aromatic N) is 3. The van der Waals surface area contributed by atoms with Crippen LogP contribution in [0.4, 0.5) is 0 Å². The van der Waals surface area contributed by atoms with Crippen LogP contribution in [0.2, 0.25) is 0 Å². The number of methoxy groups -OCH3 is 1. The topological polar surface area (TPSA) is 64.4 Å². The lowest BCUT2D eigenvalue weighted by atomic mass is 10.1. The summed E-state index contributed by atoms with van der Waals surface area (Å²) < 4.78 is 6.54. The predicted molar refractivity (Wildman–Crippen MR) is 90.0 cm³/mol. The highest BCUT2D eigenvalue weighted by atomic mass is 16.5. The Morgan fingerprint density at radius 3 is 2.54 bits per heavy atom. The third-order valence-electron chi connectivity index (χ3n) is 3.96. The van der Waals surface area contributed by atoms with Gasteiger partial charge >= 0.3 is 5.97 Å². The molecule has 1 heterocycles. The van der Waals surface area contributed by atoms with Crippen LogP contribution in [-0.2, 0) is 20.9 Å². The highest BCUT2D eigenvalue weighted by molar-refractivity contribution is 5.81. The fraction of sp³-hybridized carbons (Fsp3) is 0.389. The van der Waals surface area contributed by atoms with Gasteiger partial charge in [0.25, 0.3) is 0 Å². The van der Waals surface area contributed by atoms with Crippen molar-refractivity contribution in [1.82, 2.24) is 14.5 Å². The third-order valence-corrected chi connectivity index (χ3v) is 3.96. The van der Waals surface area contributed by atoms with Gasteiger partial charge in [0.15, 0.2) is 0 Å². The molecule has 2 atom stereocenters. The molecule has 2 rings (SSSR count). The summed E-state index contributed by atoms with van der Waals surface area (Å²) in [5, 5.41) is 0. The molecule has 128 valence electrons. The Balaban J connectivity index is 2.17. The van der Waals surface area contributed by atoms with E-state index in [0.29, 0.717) is 13.1 Å². The number of carbonyl (C=O) groups is 2. The van der Waals surface area contributed by atoms with Gasteiger partial charge in [-0.15, -0.1) is 0 Å². The first-order valence-electron chi connectivity index (χ1n) is 7.91. The van der Waals surface area contributed by atoms with Gasteiger partial charge < -0.3 is 14.2 Å². The van der Waals surface area contributed by atoms with Crippen molar-refractivity contribution in [3.8, 4) is 0 Å². The largest absolute Gasteiger partial charge is 0.469 e. The van der Waals surface area contributed by atoms with Crippen LogP contribution < -0.4 is 0 Å². The van der Waals surface area contributed by atoms with E-state index in [9.17, 15) is 9.59 Å². The lowest BCUT2D eigenvalue weighted by molar-refractivity contribution is -0.147. The molecule has 6 nitrogen and oxygen atoms in total. The molecule has 0 saturated heterocycles. The summed E-state index contributed by atoms with van der Waals surface area (Å²) in [4.78, 5) is 30.3. The van der Waals surface area contributed by atoms with Gasteiger partial charge in [0.2, 0.25) is 5.91 Å². The first-order chi connectivity index (χ1) is 11.5. The van der Waals surface area contributed by atoms with Crippen molar-refractivity contribution in [1.29, 1.82) is 0 Å². The molecule has 0 saturated carbocycles. The van der Waals surface area contributed by atoms with Crippen LogP contribution in [0.1, 0.15) is 25.5 Å². The summed E-state index contributed by atoms with van der Waals surface area (Å²) in [6.45, 7) is 4.34. The lowest BCUT2D eigenvalue weighted by Gasteiger charge is -2.28. The zero-order chi connectivity index (χ0) is 17.5. The summed E-state index contributed by atoms with van der Waals surface area (Å²) in [5.74, 6) is -0.776. The van der Waals surface area contributed by atoms with E-state index in [1.165, 1.54) is 7.11 Å². The number of amides is 1. The summed E-state index contributed by atoms with van der Waals surface area (Å²) in [5.41, 5.74) is 1.01. The average molecular weight is 329 g/mol. The molecule has 0 N–H and O–H groups in total. The van der Waals surface area contributed by atoms with Gasteiger partial charge in [-0.25, -0.2) is 4.98 Å². The van der Waals surface area contributed by atoms with E-state index in [-0.39, 0.29) is 17.9 Å². The summed E-state index contributed by atoms with van der Waals surface area (Å²) >= 11 is 0. The standard InChI is InChI=1S/C18H23N3O3/c1-14(18(23)24-3)11-21(12-16-7-5-4-6-8-16)17(22)15(2)20-10-9-19-13-20/h4-10,13-15H,11-12H2,1-3H3/t14-,15+/m0/s1. The Hall–Kier alpha value is -2.63. The SMILES string of the molecule is COC(=O)[C@@H](C)CN(Cc1ccccc1)C(=O)[C@@H](C)n1ccnc1. The van der Waals surface area contributed by atoms with Crippen molar-refractivity contribution in [2.24, 2.45) is 5.92 Å². The zero-order valence-electron chi connectivity index (χ0n) is 14.3. The van der Waals surface area contributed by atoms with Crippen LogP contribution in [0.5, 0.6) is 0 Å². The number of hydrogen-bond donors (Lipinski definition) is 0. The molecule has 0 aliphatic carbocycles. The molecule has 1 amide bonds. The molecule has 1 aromatic heterocycles. The highest BCUT2D eigenvalue weighted by Crippen LogP contribution is 2.15. The van der Waals surface area contributed by atoms with E-state index in [4.69, 9.17) is 4.74 Å². The molecule has 0 bridgehead atoms. The van der Waals surface area contributed by atoms with Crippen molar-refractivity contribution >= 4 is 11.9 Å². The van der Waals surface area contributed by atoms with Crippen LogP contribution in [0.15, 0.2) is 49.1 Å². The van der Waals surface area contributed by atoms with Crippen molar-refractivity contribution < 1.29 is 14.3 Å². The number of hydrogen-bond acceptors (Lipinski definition) is 4. The number of ether oxygens (including phenoxy) is 1. The second-order valence-electron chi connectivity index (χ2n) is 5.81. The quantitative estimate of drug-likeness (QED) is 0.731. The minimum Gasteiger partial charge on any atom is -0.469 e. The average Bonchev–Trinajstić information content (AvgIpc) is 3.14. The number of benzene rings is 1. The van der Waals surface area contributed by atoms with E-state index in [2.05, 4.69) is 4.98 Å². The van der Waals surface area contributed by atoms with Crippen molar-refractivity contribution in [2.45, 2.75) is 26.4 Å². The molecule has 6 heteroatoms. The Morgan fingerprint density at radius 2 is 1.96 bits per heavy atom. The molecular weight excluding hydrogens is 306 g/mol. The highest BCUT2D eigenvalue weighted by Gasteiger charge is 2.26. The summed E-state index contributed by atoms with van der Waals surface area (Å²) in [6, 6.07) is 9.33. The summed E-state index contributed by atoms with van der Waals surface area (Å²) in [6.07, 6.45) is 5.02. The first kappa shape index (κ1) is 17.7. The Labute approximate surface area is 142 Å². The second-order valence-corrected chi connectivity index (χ2v) is 5.81. The number of imidazole rings is 1. The second kappa shape index (κ2) is 8.29. The smallest absolute Gasteiger partial charge is 0.310 e. The lowest BCUT2D eigenvalue weighted by Crippen LogP contribution is -2.40. The Kier molecular flexibility index (Phi) is 6.12. The van der Waals surface area contributed by atoms with E-state index in [1.54, 1.807) is 35.1 Å². The van der Waals surface area contributed by atoms with Crippen LogP contribution in [-0.4, -0.2) is 40.0 Å². The van der Waals surface area contributed by atoms with Gasteiger partial charge in [0, 0.05) is 25.5 Å². The maximum Gasteiger partial charge on any atom is 0.310 e. The first-order valence-corrected chi connectivity index (χ1v) is 7.91. The Morgan fingerprint density at radius 1 is 1.25 bits per heavy atom. The molecule has 2 aromatic rings. The number of aromatic nitrogens is 2. The van der Waals surface area contributed by atoms with Crippen LogP contribution >= 0.6 is 0 Å². The van der Waals surface area contributed by atoms with E-state index in [0.717, 1.165) is 5.56 Å². The van der Waals surface area contributed by atoms with Crippen LogP contribution in [0.25, 0.3) is 0 Å². The maximum atomic E-state index is 12.9. The minimum atomic E-state index is -0.391. The normalized spacial score (nSPS) is 13.1. The van der Waals surface area contributed by atoms with Gasteiger partial charge in [0.1, 0.15) is 6.04 Å². The van der Waals surface area contributed by atoms with E-state index < -0.39 is 5.92 Å². The molecule has 0 radical (unpaired) electrons. The van der Waals surface area contributed by atoms with Crippen molar-refractivity contribution in [3.05, 3.63) is 54.6 Å².